The minimum absolute atomic E-state index is 0. The van der Waals surface area contributed by atoms with Crippen LogP contribution in [0.2, 0.25) is 0 Å². The van der Waals surface area contributed by atoms with E-state index in [2.05, 4.69) is 15.1 Å². The standard InChI is InChI=1S/C15H27N3OS.2ClH/c19-15(10-13-12-20-9-5-16-13)18-8-4-14(11-18)17-6-2-1-3-7-17;;/h13-14,16H,1-12H2;2*1H. The largest absolute Gasteiger partial charge is 0.341 e. The third-order valence-corrected chi connectivity index (χ3v) is 5.97. The number of nitrogens with one attached hydrogen (secondary N) is 1. The summed E-state index contributed by atoms with van der Waals surface area (Å²) in [4.78, 5) is 17.1. The number of hydrogen-bond acceptors (Lipinski definition) is 4. The molecule has 0 bridgehead atoms. The van der Waals surface area contributed by atoms with Crippen LogP contribution in [0.1, 0.15) is 32.1 Å². The van der Waals surface area contributed by atoms with Crippen molar-refractivity contribution in [3.63, 3.8) is 0 Å². The average Bonchev–Trinajstić information content (AvgIpc) is 2.99. The minimum atomic E-state index is 0. The molecule has 2 atom stereocenters. The summed E-state index contributed by atoms with van der Waals surface area (Å²) in [6.45, 7) is 5.48. The maximum absolute atomic E-state index is 12.4. The molecule has 3 rings (SSSR count). The van der Waals surface area contributed by atoms with Gasteiger partial charge in [0.05, 0.1) is 0 Å². The third-order valence-electron chi connectivity index (χ3n) is 4.84. The van der Waals surface area contributed by atoms with Gasteiger partial charge in [0.2, 0.25) is 5.91 Å². The van der Waals surface area contributed by atoms with Crippen LogP contribution in [0.5, 0.6) is 0 Å². The fourth-order valence-corrected chi connectivity index (χ4v) is 4.59. The van der Waals surface area contributed by atoms with Crippen molar-refractivity contribution in [2.75, 3.05) is 44.2 Å². The molecule has 22 heavy (non-hydrogen) atoms. The number of carbonyl (C=O) groups excluding carboxylic acids is 1. The van der Waals surface area contributed by atoms with Crippen LogP contribution in [0.3, 0.4) is 0 Å². The van der Waals surface area contributed by atoms with Crippen LogP contribution in [-0.4, -0.2) is 72.0 Å². The fraction of sp³-hybridized carbons (Fsp3) is 0.933. The van der Waals surface area contributed by atoms with E-state index in [1.807, 2.05) is 11.8 Å². The first-order valence-corrected chi connectivity index (χ1v) is 9.31. The molecule has 0 aromatic heterocycles. The van der Waals surface area contributed by atoms with Crippen molar-refractivity contribution in [2.24, 2.45) is 0 Å². The molecule has 3 aliphatic rings. The highest BCUT2D eigenvalue weighted by Crippen LogP contribution is 2.21. The van der Waals surface area contributed by atoms with Gasteiger partial charge in [-0.1, -0.05) is 6.42 Å². The molecular weight excluding hydrogens is 341 g/mol. The van der Waals surface area contributed by atoms with E-state index in [9.17, 15) is 4.79 Å². The highest BCUT2D eigenvalue weighted by molar-refractivity contribution is 7.99. The van der Waals surface area contributed by atoms with Gasteiger partial charge in [-0.25, -0.2) is 0 Å². The summed E-state index contributed by atoms with van der Waals surface area (Å²) in [7, 11) is 0. The van der Waals surface area contributed by atoms with E-state index in [1.54, 1.807) is 0 Å². The van der Waals surface area contributed by atoms with Gasteiger partial charge in [0.1, 0.15) is 0 Å². The van der Waals surface area contributed by atoms with Crippen molar-refractivity contribution in [1.82, 2.24) is 15.1 Å². The number of piperidine rings is 1. The van der Waals surface area contributed by atoms with Crippen molar-refractivity contribution >= 4 is 42.5 Å². The Morgan fingerprint density at radius 2 is 1.91 bits per heavy atom. The number of amides is 1. The summed E-state index contributed by atoms with van der Waals surface area (Å²) in [5.41, 5.74) is 0. The van der Waals surface area contributed by atoms with Crippen molar-refractivity contribution in [1.29, 1.82) is 0 Å². The van der Waals surface area contributed by atoms with Gasteiger partial charge in [-0.2, -0.15) is 11.8 Å². The summed E-state index contributed by atoms with van der Waals surface area (Å²) in [5.74, 6) is 2.64. The molecule has 0 aromatic carbocycles. The van der Waals surface area contributed by atoms with Gasteiger partial charge in [0, 0.05) is 49.6 Å². The van der Waals surface area contributed by atoms with Gasteiger partial charge < -0.3 is 10.2 Å². The van der Waals surface area contributed by atoms with Crippen LogP contribution in [0, 0.1) is 0 Å². The van der Waals surface area contributed by atoms with E-state index >= 15 is 0 Å². The molecule has 2 unspecified atom stereocenters. The molecule has 130 valence electrons. The number of likely N-dealkylation sites (tertiary alicyclic amines) is 2. The normalized spacial score (nSPS) is 29.5. The Hall–Kier alpha value is 0.320. The second-order valence-electron chi connectivity index (χ2n) is 6.31. The zero-order chi connectivity index (χ0) is 13.8. The number of thioether (sulfide) groups is 1. The zero-order valence-electron chi connectivity index (χ0n) is 13.2. The summed E-state index contributed by atoms with van der Waals surface area (Å²) >= 11 is 1.97. The van der Waals surface area contributed by atoms with Crippen molar-refractivity contribution in [2.45, 2.75) is 44.2 Å². The number of rotatable bonds is 3. The van der Waals surface area contributed by atoms with Gasteiger partial charge in [-0.15, -0.1) is 24.8 Å². The van der Waals surface area contributed by atoms with Gasteiger partial charge >= 0.3 is 0 Å². The van der Waals surface area contributed by atoms with Gasteiger partial charge in [0.15, 0.2) is 0 Å². The molecule has 0 aromatic rings. The Kier molecular flexibility index (Phi) is 9.48. The SMILES string of the molecule is Cl.Cl.O=C(CC1CSCCN1)N1CCC(N2CCCCC2)C1. The number of halogens is 2. The Labute approximate surface area is 150 Å². The lowest BCUT2D eigenvalue weighted by atomic mass is 10.1. The van der Waals surface area contributed by atoms with Crippen molar-refractivity contribution in [3.05, 3.63) is 0 Å². The molecule has 0 spiro atoms. The van der Waals surface area contributed by atoms with E-state index in [0.29, 0.717) is 24.4 Å². The molecule has 3 aliphatic heterocycles. The van der Waals surface area contributed by atoms with Gasteiger partial charge in [-0.3, -0.25) is 9.69 Å². The topological polar surface area (TPSA) is 35.6 Å². The first-order valence-electron chi connectivity index (χ1n) is 8.16. The summed E-state index contributed by atoms with van der Waals surface area (Å²) in [5, 5.41) is 3.47. The zero-order valence-corrected chi connectivity index (χ0v) is 15.6. The van der Waals surface area contributed by atoms with Crippen molar-refractivity contribution < 1.29 is 4.79 Å². The highest BCUT2D eigenvalue weighted by atomic mass is 35.5. The van der Waals surface area contributed by atoms with Crippen LogP contribution in [0.25, 0.3) is 0 Å². The molecule has 0 radical (unpaired) electrons. The predicted molar refractivity (Wildman–Crippen MR) is 98.6 cm³/mol. The molecule has 0 aliphatic carbocycles. The van der Waals surface area contributed by atoms with Crippen LogP contribution in [0.15, 0.2) is 0 Å². The lowest BCUT2D eigenvalue weighted by molar-refractivity contribution is -0.130. The van der Waals surface area contributed by atoms with Gasteiger partial charge in [-0.05, 0) is 32.4 Å². The molecule has 4 nitrogen and oxygen atoms in total. The van der Waals surface area contributed by atoms with Crippen LogP contribution < -0.4 is 5.32 Å². The highest BCUT2D eigenvalue weighted by Gasteiger charge is 2.31. The Morgan fingerprint density at radius 3 is 2.59 bits per heavy atom. The monoisotopic (exact) mass is 369 g/mol. The fourth-order valence-electron chi connectivity index (χ4n) is 3.64. The Morgan fingerprint density at radius 1 is 1.14 bits per heavy atom. The van der Waals surface area contributed by atoms with E-state index in [4.69, 9.17) is 0 Å². The maximum atomic E-state index is 12.4. The lowest BCUT2D eigenvalue weighted by Crippen LogP contribution is -2.44. The molecule has 1 N–H and O–H groups in total. The first kappa shape index (κ1) is 20.4. The summed E-state index contributed by atoms with van der Waals surface area (Å²) < 4.78 is 0. The van der Waals surface area contributed by atoms with E-state index in [-0.39, 0.29) is 24.8 Å². The average molecular weight is 370 g/mol. The van der Waals surface area contributed by atoms with Crippen molar-refractivity contribution in [3.8, 4) is 0 Å². The lowest BCUT2D eigenvalue weighted by Gasteiger charge is -2.32. The van der Waals surface area contributed by atoms with Crippen LogP contribution in [0.4, 0.5) is 0 Å². The third kappa shape index (κ3) is 5.45. The molecule has 7 heteroatoms. The summed E-state index contributed by atoms with van der Waals surface area (Å²) in [6.07, 6.45) is 5.94. The number of carbonyl (C=O) groups is 1. The van der Waals surface area contributed by atoms with E-state index in [1.165, 1.54) is 44.5 Å². The molecule has 3 saturated heterocycles. The second kappa shape index (κ2) is 10.2. The Balaban J connectivity index is 0.00000121. The van der Waals surface area contributed by atoms with Crippen LogP contribution in [-0.2, 0) is 4.79 Å². The second-order valence-corrected chi connectivity index (χ2v) is 7.46. The molecule has 3 heterocycles. The van der Waals surface area contributed by atoms with E-state index < -0.39 is 0 Å². The molecule has 3 fully saturated rings. The van der Waals surface area contributed by atoms with Crippen LogP contribution >= 0.6 is 36.6 Å². The minimum Gasteiger partial charge on any atom is -0.341 e. The molecule has 1 amide bonds. The molecule has 0 saturated carbocycles. The maximum Gasteiger partial charge on any atom is 0.224 e. The molecular formula is C15H29Cl2N3OS. The Bertz CT molecular complexity index is 337. The smallest absolute Gasteiger partial charge is 0.224 e. The quantitative estimate of drug-likeness (QED) is 0.825. The summed E-state index contributed by atoms with van der Waals surface area (Å²) in [6, 6.07) is 1.03. The predicted octanol–water partition coefficient (Wildman–Crippen LogP) is 2.01. The first-order chi connectivity index (χ1) is 9.83. The van der Waals surface area contributed by atoms with E-state index in [0.717, 1.165) is 25.4 Å². The van der Waals surface area contributed by atoms with Gasteiger partial charge in [0.25, 0.3) is 0 Å². The number of hydrogen-bond donors (Lipinski definition) is 1. The number of nitrogens with zero attached hydrogens (tertiary/aromatic N) is 2.